The summed E-state index contributed by atoms with van der Waals surface area (Å²) in [5.74, 6) is 0.0289. The number of carbonyl (C=O) groups excluding carboxylic acids is 1. The standard InChI is InChI=1S/C12H13ClN4OS/c1-8(6-13)11(18)16-9-2-4-10(5-3-9)19-12-14-7-15-17-12/h2-5,7-8H,6H2,1H3,(H,16,18)(H,14,15,17). The highest BCUT2D eigenvalue weighted by Crippen LogP contribution is 2.25. The number of nitrogens with one attached hydrogen (secondary N) is 2. The number of carbonyl (C=O) groups is 1. The highest BCUT2D eigenvalue weighted by atomic mass is 35.5. The molecule has 0 bridgehead atoms. The van der Waals surface area contributed by atoms with Crippen molar-refractivity contribution in [3.05, 3.63) is 30.6 Å². The summed E-state index contributed by atoms with van der Waals surface area (Å²) < 4.78 is 0. The number of halogens is 1. The summed E-state index contributed by atoms with van der Waals surface area (Å²) in [7, 11) is 0. The topological polar surface area (TPSA) is 70.7 Å². The van der Waals surface area contributed by atoms with Gasteiger partial charge >= 0.3 is 0 Å². The predicted molar refractivity (Wildman–Crippen MR) is 75.5 cm³/mol. The molecule has 0 spiro atoms. The first-order valence-electron chi connectivity index (χ1n) is 5.69. The summed E-state index contributed by atoms with van der Waals surface area (Å²) in [4.78, 5) is 16.7. The minimum absolute atomic E-state index is 0.0781. The molecule has 2 rings (SSSR count). The molecule has 2 aromatic rings. The lowest BCUT2D eigenvalue weighted by atomic mass is 10.2. The number of amides is 1. The molecule has 0 aliphatic heterocycles. The summed E-state index contributed by atoms with van der Waals surface area (Å²) >= 11 is 7.11. The number of rotatable bonds is 5. The molecule has 19 heavy (non-hydrogen) atoms. The van der Waals surface area contributed by atoms with Gasteiger partial charge in [-0.2, -0.15) is 5.10 Å². The van der Waals surface area contributed by atoms with Gasteiger partial charge < -0.3 is 5.32 Å². The summed E-state index contributed by atoms with van der Waals surface area (Å²) in [6, 6.07) is 7.51. The van der Waals surface area contributed by atoms with Crippen LogP contribution in [0.4, 0.5) is 5.69 Å². The molecule has 1 atom stereocenters. The van der Waals surface area contributed by atoms with Gasteiger partial charge in [-0.3, -0.25) is 9.89 Å². The third-order valence-corrected chi connectivity index (χ3v) is 3.77. The van der Waals surface area contributed by atoms with Crippen LogP contribution in [0.5, 0.6) is 0 Å². The van der Waals surface area contributed by atoms with Crippen molar-refractivity contribution < 1.29 is 4.79 Å². The van der Waals surface area contributed by atoms with Crippen LogP contribution >= 0.6 is 23.4 Å². The zero-order valence-electron chi connectivity index (χ0n) is 10.3. The fraction of sp³-hybridized carbons (Fsp3) is 0.250. The number of nitrogens with zero attached hydrogens (tertiary/aromatic N) is 2. The second kappa shape index (κ2) is 6.58. The Hall–Kier alpha value is -1.53. The quantitative estimate of drug-likeness (QED) is 0.832. The van der Waals surface area contributed by atoms with Crippen molar-refractivity contribution in [1.82, 2.24) is 15.2 Å². The van der Waals surface area contributed by atoms with E-state index in [0.717, 1.165) is 15.7 Å². The average molecular weight is 297 g/mol. The Labute approximate surface area is 120 Å². The van der Waals surface area contributed by atoms with Crippen LogP contribution < -0.4 is 5.32 Å². The Morgan fingerprint density at radius 1 is 1.47 bits per heavy atom. The minimum Gasteiger partial charge on any atom is -0.326 e. The number of alkyl halides is 1. The lowest BCUT2D eigenvalue weighted by molar-refractivity contribution is -0.118. The van der Waals surface area contributed by atoms with Crippen molar-refractivity contribution >= 4 is 35.0 Å². The van der Waals surface area contributed by atoms with E-state index >= 15 is 0 Å². The largest absolute Gasteiger partial charge is 0.326 e. The van der Waals surface area contributed by atoms with Gasteiger partial charge in [-0.1, -0.05) is 18.7 Å². The molecule has 1 aromatic carbocycles. The van der Waals surface area contributed by atoms with Crippen LogP contribution in [0.3, 0.4) is 0 Å². The average Bonchev–Trinajstić information content (AvgIpc) is 2.93. The fourth-order valence-electron chi connectivity index (χ4n) is 1.30. The number of H-pyrrole nitrogens is 1. The van der Waals surface area contributed by atoms with Gasteiger partial charge in [0.25, 0.3) is 0 Å². The number of benzene rings is 1. The van der Waals surface area contributed by atoms with E-state index < -0.39 is 0 Å². The molecule has 2 N–H and O–H groups in total. The maximum absolute atomic E-state index is 11.7. The SMILES string of the molecule is CC(CCl)C(=O)Nc1ccc(Sc2ncn[nH]2)cc1. The molecule has 1 amide bonds. The Morgan fingerprint density at radius 3 is 2.79 bits per heavy atom. The Morgan fingerprint density at radius 2 is 2.21 bits per heavy atom. The fourth-order valence-corrected chi connectivity index (χ4v) is 2.13. The second-order valence-corrected chi connectivity index (χ2v) is 5.33. The van der Waals surface area contributed by atoms with Crippen molar-refractivity contribution in [3.8, 4) is 0 Å². The summed E-state index contributed by atoms with van der Waals surface area (Å²) in [5.41, 5.74) is 0.754. The van der Waals surface area contributed by atoms with Crippen molar-refractivity contribution in [2.24, 2.45) is 5.92 Å². The van der Waals surface area contributed by atoms with E-state index in [1.807, 2.05) is 24.3 Å². The number of aromatic nitrogens is 3. The van der Waals surface area contributed by atoms with Crippen LogP contribution in [0.2, 0.25) is 0 Å². The van der Waals surface area contributed by atoms with E-state index in [9.17, 15) is 4.79 Å². The van der Waals surface area contributed by atoms with Gasteiger partial charge in [-0.25, -0.2) is 4.98 Å². The number of hydrogen-bond acceptors (Lipinski definition) is 4. The molecule has 1 heterocycles. The third-order valence-electron chi connectivity index (χ3n) is 2.41. The molecular weight excluding hydrogens is 284 g/mol. The zero-order valence-corrected chi connectivity index (χ0v) is 11.8. The van der Waals surface area contributed by atoms with Crippen molar-refractivity contribution in [2.45, 2.75) is 17.0 Å². The van der Waals surface area contributed by atoms with Crippen molar-refractivity contribution in [1.29, 1.82) is 0 Å². The molecule has 1 aromatic heterocycles. The van der Waals surface area contributed by atoms with Crippen molar-refractivity contribution in [3.63, 3.8) is 0 Å². The first kappa shape index (κ1) is 13.9. The molecular formula is C12H13ClN4OS. The third kappa shape index (κ3) is 3.97. The Balaban J connectivity index is 1.96. The van der Waals surface area contributed by atoms with E-state index in [1.54, 1.807) is 6.92 Å². The highest BCUT2D eigenvalue weighted by Gasteiger charge is 2.11. The minimum atomic E-state index is -0.204. The van der Waals surface area contributed by atoms with Crippen LogP contribution in [0.15, 0.2) is 40.6 Å². The van der Waals surface area contributed by atoms with Crippen LogP contribution in [-0.2, 0) is 4.79 Å². The molecule has 0 aliphatic rings. The molecule has 0 fully saturated rings. The van der Waals surface area contributed by atoms with Gasteiger partial charge in [0.2, 0.25) is 5.91 Å². The van der Waals surface area contributed by atoms with E-state index in [1.165, 1.54) is 18.1 Å². The van der Waals surface area contributed by atoms with Crippen LogP contribution in [-0.4, -0.2) is 27.0 Å². The lowest BCUT2D eigenvalue weighted by Gasteiger charge is -2.09. The number of aromatic amines is 1. The second-order valence-electron chi connectivity index (χ2n) is 3.96. The molecule has 5 nitrogen and oxygen atoms in total. The monoisotopic (exact) mass is 296 g/mol. The lowest BCUT2D eigenvalue weighted by Crippen LogP contribution is -2.21. The molecule has 1 unspecified atom stereocenters. The van der Waals surface area contributed by atoms with Gasteiger partial charge in [0.1, 0.15) is 6.33 Å². The number of hydrogen-bond donors (Lipinski definition) is 2. The first-order chi connectivity index (χ1) is 9.19. The molecule has 0 radical (unpaired) electrons. The van der Waals surface area contributed by atoms with Crippen LogP contribution in [0, 0.1) is 5.92 Å². The van der Waals surface area contributed by atoms with Gasteiger partial charge in [0.05, 0.1) is 0 Å². The van der Waals surface area contributed by atoms with Gasteiger partial charge in [0.15, 0.2) is 5.16 Å². The predicted octanol–water partition coefficient (Wildman–Crippen LogP) is 2.77. The first-order valence-corrected chi connectivity index (χ1v) is 7.04. The highest BCUT2D eigenvalue weighted by molar-refractivity contribution is 7.99. The molecule has 0 saturated heterocycles. The zero-order chi connectivity index (χ0) is 13.7. The van der Waals surface area contributed by atoms with E-state index in [0.29, 0.717) is 5.88 Å². The summed E-state index contributed by atoms with van der Waals surface area (Å²) in [5, 5.41) is 10.1. The molecule has 0 saturated carbocycles. The molecule has 0 aliphatic carbocycles. The van der Waals surface area contributed by atoms with Gasteiger partial charge in [-0.15, -0.1) is 11.6 Å². The molecule has 7 heteroatoms. The van der Waals surface area contributed by atoms with E-state index in [2.05, 4.69) is 20.5 Å². The Bertz CT molecular complexity index is 529. The van der Waals surface area contributed by atoms with Gasteiger partial charge in [-0.05, 0) is 24.3 Å². The van der Waals surface area contributed by atoms with Gasteiger partial charge in [0, 0.05) is 22.4 Å². The Kier molecular flexibility index (Phi) is 4.81. The normalized spacial score (nSPS) is 12.1. The van der Waals surface area contributed by atoms with Crippen LogP contribution in [0.1, 0.15) is 6.92 Å². The summed E-state index contributed by atoms with van der Waals surface area (Å²) in [6.07, 6.45) is 1.46. The smallest absolute Gasteiger partial charge is 0.228 e. The van der Waals surface area contributed by atoms with Crippen LogP contribution in [0.25, 0.3) is 0 Å². The summed E-state index contributed by atoms with van der Waals surface area (Å²) in [6.45, 7) is 1.79. The van der Waals surface area contributed by atoms with Crippen molar-refractivity contribution in [2.75, 3.05) is 11.2 Å². The number of anilines is 1. The maximum atomic E-state index is 11.7. The van der Waals surface area contributed by atoms with E-state index in [4.69, 9.17) is 11.6 Å². The van der Waals surface area contributed by atoms with E-state index in [-0.39, 0.29) is 11.8 Å². The maximum Gasteiger partial charge on any atom is 0.228 e. The molecule has 100 valence electrons.